The van der Waals surface area contributed by atoms with Crippen molar-refractivity contribution < 1.29 is 9.90 Å². The molecule has 108 valence electrons. The highest BCUT2D eigenvalue weighted by atomic mass is 79.9. The molecule has 3 rings (SSSR count). The Kier molecular flexibility index (Phi) is 3.91. The first kappa shape index (κ1) is 14.4. The molecule has 0 bridgehead atoms. The number of halogens is 2. The maximum atomic E-state index is 11.4. The highest BCUT2D eigenvalue weighted by molar-refractivity contribution is 9.10. The number of benzene rings is 2. The van der Waals surface area contributed by atoms with Crippen LogP contribution < -0.4 is 5.32 Å². The van der Waals surface area contributed by atoms with E-state index in [0.717, 1.165) is 21.3 Å². The van der Waals surface area contributed by atoms with E-state index >= 15 is 0 Å². The lowest BCUT2D eigenvalue weighted by atomic mass is 9.82. The first-order valence-electron chi connectivity index (χ1n) is 6.59. The van der Waals surface area contributed by atoms with Crippen LogP contribution in [0.3, 0.4) is 0 Å². The molecule has 5 heteroatoms. The van der Waals surface area contributed by atoms with Gasteiger partial charge in [-0.2, -0.15) is 0 Å². The lowest BCUT2D eigenvalue weighted by molar-refractivity contribution is -0.138. The highest BCUT2D eigenvalue weighted by Gasteiger charge is 2.32. The molecule has 0 radical (unpaired) electrons. The minimum absolute atomic E-state index is 0.00313. The van der Waals surface area contributed by atoms with Gasteiger partial charge in [-0.25, -0.2) is 4.79 Å². The molecule has 0 spiro atoms. The molecule has 1 heterocycles. The number of aliphatic carboxylic acids is 1. The van der Waals surface area contributed by atoms with E-state index in [2.05, 4.69) is 21.2 Å². The zero-order valence-corrected chi connectivity index (χ0v) is 13.4. The predicted molar refractivity (Wildman–Crippen MR) is 87.1 cm³/mol. The van der Waals surface area contributed by atoms with E-state index in [1.807, 2.05) is 36.4 Å². The molecule has 0 aliphatic carbocycles. The molecule has 0 amide bonds. The summed E-state index contributed by atoms with van der Waals surface area (Å²) in [5.41, 5.74) is 2.94. The standard InChI is InChI=1S/C16H13BrClNO2/c17-13-4-2-1-3-10(13)11-8-15(16(20)21)19-14-6-5-9(18)7-12(11)14/h1-7,11,15,19H,8H2,(H,20,21). The maximum absolute atomic E-state index is 11.4. The van der Waals surface area contributed by atoms with Crippen molar-refractivity contribution in [2.24, 2.45) is 0 Å². The van der Waals surface area contributed by atoms with E-state index in [4.69, 9.17) is 11.6 Å². The van der Waals surface area contributed by atoms with E-state index in [1.165, 1.54) is 0 Å². The van der Waals surface area contributed by atoms with Crippen LogP contribution in [0.15, 0.2) is 46.9 Å². The van der Waals surface area contributed by atoms with Crippen LogP contribution in [-0.4, -0.2) is 17.1 Å². The number of fused-ring (bicyclic) bond motifs is 1. The number of rotatable bonds is 2. The number of carboxylic acid groups (broad SMARTS) is 1. The average Bonchev–Trinajstić information content (AvgIpc) is 2.47. The molecule has 2 N–H and O–H groups in total. The fraction of sp³-hybridized carbons (Fsp3) is 0.188. The number of carbonyl (C=O) groups is 1. The fourth-order valence-corrected chi connectivity index (χ4v) is 3.52. The summed E-state index contributed by atoms with van der Waals surface area (Å²) in [6.07, 6.45) is 0.491. The van der Waals surface area contributed by atoms with Crippen molar-refractivity contribution >= 4 is 39.2 Å². The Morgan fingerprint density at radius 1 is 1.24 bits per heavy atom. The van der Waals surface area contributed by atoms with E-state index < -0.39 is 12.0 Å². The first-order valence-corrected chi connectivity index (χ1v) is 7.76. The van der Waals surface area contributed by atoms with Crippen LogP contribution in [0, 0.1) is 0 Å². The van der Waals surface area contributed by atoms with Gasteiger partial charge in [0.2, 0.25) is 0 Å². The predicted octanol–water partition coefficient (Wildman–Crippen LogP) is 4.50. The van der Waals surface area contributed by atoms with Crippen LogP contribution in [-0.2, 0) is 4.79 Å². The summed E-state index contributed by atoms with van der Waals surface area (Å²) < 4.78 is 0.979. The smallest absolute Gasteiger partial charge is 0.326 e. The van der Waals surface area contributed by atoms with Gasteiger partial charge in [0.25, 0.3) is 0 Å². The van der Waals surface area contributed by atoms with Crippen molar-refractivity contribution in [2.75, 3.05) is 5.32 Å². The summed E-state index contributed by atoms with van der Waals surface area (Å²) in [5.74, 6) is -0.843. The minimum atomic E-state index is -0.840. The van der Waals surface area contributed by atoms with Gasteiger partial charge in [-0.3, -0.25) is 0 Å². The largest absolute Gasteiger partial charge is 0.480 e. The Hall–Kier alpha value is -1.52. The van der Waals surface area contributed by atoms with Gasteiger partial charge in [-0.15, -0.1) is 0 Å². The van der Waals surface area contributed by atoms with Crippen molar-refractivity contribution in [3.63, 3.8) is 0 Å². The van der Waals surface area contributed by atoms with E-state index in [0.29, 0.717) is 11.4 Å². The Morgan fingerprint density at radius 3 is 2.71 bits per heavy atom. The molecule has 1 aliphatic rings. The zero-order chi connectivity index (χ0) is 15.0. The number of anilines is 1. The van der Waals surface area contributed by atoms with Crippen molar-refractivity contribution in [3.05, 3.63) is 63.1 Å². The molecular formula is C16H13BrClNO2. The van der Waals surface area contributed by atoms with Crippen molar-refractivity contribution in [2.45, 2.75) is 18.4 Å². The van der Waals surface area contributed by atoms with Gasteiger partial charge in [-0.1, -0.05) is 45.7 Å². The molecule has 0 fully saturated rings. The first-order chi connectivity index (χ1) is 10.1. The number of carboxylic acids is 1. The van der Waals surface area contributed by atoms with Crippen molar-refractivity contribution in [1.29, 1.82) is 0 Å². The molecule has 1 aliphatic heterocycles. The van der Waals surface area contributed by atoms with E-state index in [9.17, 15) is 9.90 Å². The fourth-order valence-electron chi connectivity index (χ4n) is 2.78. The Bertz CT molecular complexity index is 704. The lowest BCUT2D eigenvalue weighted by Gasteiger charge is -2.32. The summed E-state index contributed by atoms with van der Waals surface area (Å²) in [7, 11) is 0. The molecule has 0 saturated heterocycles. The molecule has 2 aromatic carbocycles. The quantitative estimate of drug-likeness (QED) is 0.822. The van der Waals surface area contributed by atoms with Crippen LogP contribution in [0.1, 0.15) is 23.5 Å². The molecule has 21 heavy (non-hydrogen) atoms. The van der Waals surface area contributed by atoms with E-state index in [-0.39, 0.29) is 5.92 Å². The third kappa shape index (κ3) is 2.78. The monoisotopic (exact) mass is 365 g/mol. The molecule has 2 unspecified atom stereocenters. The third-order valence-electron chi connectivity index (χ3n) is 3.77. The second kappa shape index (κ2) is 5.70. The number of nitrogens with one attached hydrogen (secondary N) is 1. The summed E-state index contributed by atoms with van der Waals surface area (Å²) >= 11 is 9.67. The second-order valence-electron chi connectivity index (χ2n) is 5.08. The molecule has 3 nitrogen and oxygen atoms in total. The second-order valence-corrected chi connectivity index (χ2v) is 6.37. The van der Waals surface area contributed by atoms with Gasteiger partial charge in [0.15, 0.2) is 0 Å². The molecule has 2 atom stereocenters. The van der Waals surface area contributed by atoms with Gasteiger partial charge in [0.1, 0.15) is 6.04 Å². The van der Waals surface area contributed by atoms with Crippen LogP contribution in [0.2, 0.25) is 5.02 Å². The molecule has 0 saturated carbocycles. The summed E-state index contributed by atoms with van der Waals surface area (Å²) in [5, 5.41) is 13.1. The minimum Gasteiger partial charge on any atom is -0.480 e. The van der Waals surface area contributed by atoms with Gasteiger partial charge in [0.05, 0.1) is 0 Å². The highest BCUT2D eigenvalue weighted by Crippen LogP contribution is 2.42. The Labute approximate surface area is 136 Å². The van der Waals surface area contributed by atoms with Crippen LogP contribution in [0.4, 0.5) is 5.69 Å². The SMILES string of the molecule is O=C(O)C1CC(c2ccccc2Br)c2cc(Cl)ccc2N1. The van der Waals surface area contributed by atoms with Crippen LogP contribution in [0.25, 0.3) is 0 Å². The Morgan fingerprint density at radius 2 is 2.00 bits per heavy atom. The average molecular weight is 367 g/mol. The van der Waals surface area contributed by atoms with Crippen molar-refractivity contribution in [3.8, 4) is 0 Å². The van der Waals surface area contributed by atoms with Crippen LogP contribution >= 0.6 is 27.5 Å². The summed E-state index contributed by atoms with van der Waals surface area (Å²) in [4.78, 5) is 11.4. The third-order valence-corrected chi connectivity index (χ3v) is 4.73. The lowest BCUT2D eigenvalue weighted by Crippen LogP contribution is -2.35. The zero-order valence-electron chi connectivity index (χ0n) is 11.0. The normalized spacial score (nSPS) is 20.5. The van der Waals surface area contributed by atoms with Gasteiger partial charge in [-0.05, 0) is 41.8 Å². The molecule has 0 aromatic heterocycles. The Balaban J connectivity index is 2.13. The van der Waals surface area contributed by atoms with Crippen molar-refractivity contribution in [1.82, 2.24) is 0 Å². The number of hydrogen-bond donors (Lipinski definition) is 2. The topological polar surface area (TPSA) is 49.3 Å². The van der Waals surface area contributed by atoms with Gasteiger partial charge >= 0.3 is 5.97 Å². The maximum Gasteiger partial charge on any atom is 0.326 e. The number of hydrogen-bond acceptors (Lipinski definition) is 2. The molecule has 2 aromatic rings. The van der Waals surface area contributed by atoms with Crippen LogP contribution in [0.5, 0.6) is 0 Å². The summed E-state index contributed by atoms with van der Waals surface area (Å²) in [6, 6.07) is 12.8. The van der Waals surface area contributed by atoms with E-state index in [1.54, 1.807) is 6.07 Å². The summed E-state index contributed by atoms with van der Waals surface area (Å²) in [6.45, 7) is 0. The molecular weight excluding hydrogens is 354 g/mol. The van der Waals surface area contributed by atoms with Gasteiger partial charge < -0.3 is 10.4 Å². The van der Waals surface area contributed by atoms with Gasteiger partial charge in [0, 0.05) is 21.1 Å².